The number of rotatable bonds is 5. The Morgan fingerprint density at radius 3 is 2.53 bits per heavy atom. The molecule has 1 aliphatic rings. The summed E-state index contributed by atoms with van der Waals surface area (Å²) < 4.78 is 13.4. The molecular weight excluding hydrogens is 381 g/mol. The lowest BCUT2D eigenvalue weighted by molar-refractivity contribution is 0.102. The van der Waals surface area contributed by atoms with Crippen molar-refractivity contribution in [3.05, 3.63) is 95.8 Å². The van der Waals surface area contributed by atoms with Crippen LogP contribution < -0.4 is 10.2 Å². The molecule has 0 unspecified atom stereocenters. The number of carbonyl (C=O) groups is 2. The maximum Gasteiger partial charge on any atom is 0.324 e. The molecule has 3 amide bonds. The Labute approximate surface area is 174 Å². The third kappa shape index (κ3) is 4.49. The zero-order valence-electron chi connectivity index (χ0n) is 16.4. The van der Waals surface area contributed by atoms with E-state index in [1.54, 1.807) is 29.2 Å². The molecule has 0 atom stereocenters. The fourth-order valence-corrected chi connectivity index (χ4v) is 3.56. The van der Waals surface area contributed by atoms with Gasteiger partial charge in [0, 0.05) is 36.6 Å². The average Bonchev–Trinajstić information content (AvgIpc) is 2.76. The number of nitrogens with one attached hydrogen (secondary N) is 1. The SMILES string of the molecule is O=C(Nc1cccc(N2CCCN(Cc3ccccc3)C2=O)c1)c1cccc(F)c1. The van der Waals surface area contributed by atoms with Gasteiger partial charge in [-0.1, -0.05) is 42.5 Å². The second-order valence-electron chi connectivity index (χ2n) is 7.21. The lowest BCUT2D eigenvalue weighted by Crippen LogP contribution is -2.49. The third-order valence-corrected chi connectivity index (χ3v) is 5.03. The molecule has 4 rings (SSSR count). The number of nitrogens with zero attached hydrogens (tertiary/aromatic N) is 2. The Bertz CT molecular complexity index is 1060. The number of hydrogen-bond acceptors (Lipinski definition) is 2. The van der Waals surface area contributed by atoms with Crippen LogP contribution in [0.2, 0.25) is 0 Å². The van der Waals surface area contributed by atoms with Crippen LogP contribution in [-0.2, 0) is 6.54 Å². The maximum atomic E-state index is 13.4. The normalized spacial score (nSPS) is 14.0. The van der Waals surface area contributed by atoms with Crippen molar-refractivity contribution in [1.82, 2.24) is 4.90 Å². The van der Waals surface area contributed by atoms with Crippen molar-refractivity contribution in [3.8, 4) is 0 Å². The first-order chi connectivity index (χ1) is 14.6. The molecule has 3 aromatic rings. The van der Waals surface area contributed by atoms with Gasteiger partial charge in [-0.25, -0.2) is 9.18 Å². The van der Waals surface area contributed by atoms with E-state index in [0.717, 1.165) is 17.7 Å². The van der Waals surface area contributed by atoms with E-state index in [0.29, 0.717) is 25.3 Å². The van der Waals surface area contributed by atoms with E-state index in [-0.39, 0.29) is 11.6 Å². The Morgan fingerprint density at radius 1 is 0.933 bits per heavy atom. The number of benzene rings is 3. The van der Waals surface area contributed by atoms with Gasteiger partial charge in [0.1, 0.15) is 5.82 Å². The summed E-state index contributed by atoms with van der Waals surface area (Å²) in [6, 6.07) is 22.5. The Hall–Kier alpha value is -3.67. The molecule has 30 heavy (non-hydrogen) atoms. The maximum absolute atomic E-state index is 13.4. The molecule has 0 bridgehead atoms. The lowest BCUT2D eigenvalue weighted by Gasteiger charge is -2.36. The van der Waals surface area contributed by atoms with Crippen LogP contribution >= 0.6 is 0 Å². The summed E-state index contributed by atoms with van der Waals surface area (Å²) >= 11 is 0. The summed E-state index contributed by atoms with van der Waals surface area (Å²) in [7, 11) is 0. The van der Waals surface area contributed by atoms with Crippen molar-refractivity contribution in [2.75, 3.05) is 23.3 Å². The van der Waals surface area contributed by atoms with Crippen LogP contribution in [0.5, 0.6) is 0 Å². The highest BCUT2D eigenvalue weighted by atomic mass is 19.1. The highest BCUT2D eigenvalue weighted by Crippen LogP contribution is 2.24. The summed E-state index contributed by atoms with van der Waals surface area (Å²) in [6.45, 7) is 1.89. The zero-order valence-corrected chi connectivity index (χ0v) is 16.4. The minimum Gasteiger partial charge on any atom is -0.322 e. The first-order valence-electron chi connectivity index (χ1n) is 9.87. The van der Waals surface area contributed by atoms with Crippen LogP contribution in [0.3, 0.4) is 0 Å². The van der Waals surface area contributed by atoms with E-state index in [1.165, 1.54) is 18.2 Å². The number of urea groups is 1. The van der Waals surface area contributed by atoms with Gasteiger partial charge in [-0.2, -0.15) is 0 Å². The minimum atomic E-state index is -0.464. The van der Waals surface area contributed by atoms with E-state index in [4.69, 9.17) is 0 Å². The Morgan fingerprint density at radius 2 is 1.73 bits per heavy atom. The van der Waals surface area contributed by atoms with Crippen LogP contribution in [0.1, 0.15) is 22.3 Å². The largest absolute Gasteiger partial charge is 0.324 e. The van der Waals surface area contributed by atoms with E-state index in [9.17, 15) is 14.0 Å². The molecule has 1 saturated heterocycles. The molecule has 3 aromatic carbocycles. The molecule has 1 aliphatic heterocycles. The van der Waals surface area contributed by atoms with Crippen molar-refractivity contribution in [1.29, 1.82) is 0 Å². The molecule has 0 saturated carbocycles. The first kappa shape index (κ1) is 19.6. The van der Waals surface area contributed by atoms with Gasteiger partial charge in [0.25, 0.3) is 5.91 Å². The third-order valence-electron chi connectivity index (χ3n) is 5.03. The number of halogens is 1. The first-order valence-corrected chi connectivity index (χ1v) is 9.87. The minimum absolute atomic E-state index is 0.0567. The average molecular weight is 403 g/mol. The van der Waals surface area contributed by atoms with Gasteiger partial charge in [0.05, 0.1) is 0 Å². The predicted octanol–water partition coefficient (Wildman–Crippen LogP) is 4.91. The summed E-state index contributed by atoms with van der Waals surface area (Å²) in [6.07, 6.45) is 0.860. The summed E-state index contributed by atoms with van der Waals surface area (Å²) in [4.78, 5) is 29.0. The zero-order chi connectivity index (χ0) is 20.9. The second kappa shape index (κ2) is 8.78. The molecule has 1 N–H and O–H groups in total. The number of hydrogen-bond donors (Lipinski definition) is 1. The fraction of sp³-hybridized carbons (Fsp3) is 0.167. The van der Waals surface area contributed by atoms with Crippen LogP contribution in [0.4, 0.5) is 20.6 Å². The molecule has 0 aliphatic carbocycles. The molecule has 1 fully saturated rings. The molecule has 0 aromatic heterocycles. The fourth-order valence-electron chi connectivity index (χ4n) is 3.56. The number of amides is 3. The van der Waals surface area contributed by atoms with E-state index in [2.05, 4.69) is 5.32 Å². The quantitative estimate of drug-likeness (QED) is 0.658. The summed E-state index contributed by atoms with van der Waals surface area (Å²) in [5.74, 6) is -0.865. The van der Waals surface area contributed by atoms with Crippen molar-refractivity contribution in [2.24, 2.45) is 0 Å². The summed E-state index contributed by atoms with van der Waals surface area (Å²) in [5.41, 5.74) is 2.59. The van der Waals surface area contributed by atoms with Crippen LogP contribution in [0, 0.1) is 5.82 Å². The highest BCUT2D eigenvalue weighted by molar-refractivity contribution is 6.04. The highest BCUT2D eigenvalue weighted by Gasteiger charge is 2.27. The molecule has 6 heteroatoms. The smallest absolute Gasteiger partial charge is 0.322 e. The lowest BCUT2D eigenvalue weighted by atomic mass is 10.1. The van der Waals surface area contributed by atoms with Crippen molar-refractivity contribution in [2.45, 2.75) is 13.0 Å². The standard InChI is InChI=1S/C24H22FN3O2/c25-20-10-4-9-19(15-20)23(29)26-21-11-5-12-22(16-21)28-14-6-13-27(24(28)30)17-18-7-2-1-3-8-18/h1-5,7-12,15-16H,6,13-14,17H2,(H,26,29). The molecule has 152 valence electrons. The molecule has 0 radical (unpaired) electrons. The van der Waals surface area contributed by atoms with Gasteiger partial charge >= 0.3 is 6.03 Å². The topological polar surface area (TPSA) is 52.7 Å². The van der Waals surface area contributed by atoms with Gasteiger partial charge in [-0.05, 0) is 48.4 Å². The number of carbonyl (C=O) groups excluding carboxylic acids is 2. The van der Waals surface area contributed by atoms with Crippen LogP contribution in [0.25, 0.3) is 0 Å². The van der Waals surface area contributed by atoms with E-state index >= 15 is 0 Å². The number of anilines is 2. The molecular formula is C24H22FN3O2. The van der Waals surface area contributed by atoms with Crippen molar-refractivity contribution in [3.63, 3.8) is 0 Å². The van der Waals surface area contributed by atoms with Crippen molar-refractivity contribution >= 4 is 23.3 Å². The monoisotopic (exact) mass is 403 g/mol. The van der Waals surface area contributed by atoms with Gasteiger partial charge in [-0.15, -0.1) is 0 Å². The predicted molar refractivity (Wildman–Crippen MR) is 115 cm³/mol. The summed E-state index contributed by atoms with van der Waals surface area (Å²) in [5, 5.41) is 2.77. The molecule has 5 nitrogen and oxygen atoms in total. The van der Waals surface area contributed by atoms with Gasteiger partial charge < -0.3 is 10.2 Å². The molecule has 0 spiro atoms. The Balaban J connectivity index is 1.48. The second-order valence-corrected chi connectivity index (χ2v) is 7.21. The van der Waals surface area contributed by atoms with Gasteiger partial charge in [-0.3, -0.25) is 9.69 Å². The van der Waals surface area contributed by atoms with Crippen LogP contribution in [-0.4, -0.2) is 29.9 Å². The Kier molecular flexibility index (Phi) is 5.75. The van der Waals surface area contributed by atoms with Crippen molar-refractivity contribution < 1.29 is 14.0 Å². The van der Waals surface area contributed by atoms with E-state index < -0.39 is 11.7 Å². The van der Waals surface area contributed by atoms with Crippen LogP contribution in [0.15, 0.2) is 78.9 Å². The van der Waals surface area contributed by atoms with Gasteiger partial charge in [0.2, 0.25) is 0 Å². The van der Waals surface area contributed by atoms with Gasteiger partial charge in [0.15, 0.2) is 0 Å². The van der Waals surface area contributed by atoms with E-state index in [1.807, 2.05) is 41.3 Å². The molecule has 1 heterocycles.